The number of rotatable bonds is 3. The molecule has 1 aromatic rings. The second-order valence-corrected chi connectivity index (χ2v) is 6.55. The first-order valence-electron chi connectivity index (χ1n) is 7.42. The molecular weight excluding hydrogens is 300 g/mol. The molecule has 1 aromatic carbocycles. The summed E-state index contributed by atoms with van der Waals surface area (Å²) >= 11 is 1.61. The summed E-state index contributed by atoms with van der Waals surface area (Å²) in [7, 11) is 0. The zero-order valence-electron chi connectivity index (χ0n) is 12.4. The summed E-state index contributed by atoms with van der Waals surface area (Å²) in [5.41, 5.74) is 5.39. The van der Waals surface area contributed by atoms with Gasteiger partial charge in [-0.1, -0.05) is 36.7 Å². The number of aliphatic imine (C=N–C) groups is 1. The number of nitro benzene ring substituents is 1. The third kappa shape index (κ3) is 3.30. The minimum absolute atomic E-state index is 0.135. The first-order valence-corrected chi connectivity index (χ1v) is 8.40. The maximum Gasteiger partial charge on any atom is 0.272 e. The van der Waals surface area contributed by atoms with Crippen LogP contribution in [0.15, 0.2) is 28.3 Å². The van der Waals surface area contributed by atoms with Gasteiger partial charge in [0.2, 0.25) is 0 Å². The maximum atomic E-state index is 11.0. The van der Waals surface area contributed by atoms with Crippen molar-refractivity contribution in [1.82, 2.24) is 5.43 Å². The third-order valence-electron chi connectivity index (χ3n) is 4.00. The van der Waals surface area contributed by atoms with Crippen LogP contribution in [0.2, 0.25) is 0 Å². The van der Waals surface area contributed by atoms with E-state index in [1.807, 2.05) is 6.07 Å². The van der Waals surface area contributed by atoms with Crippen LogP contribution in [0.4, 0.5) is 5.69 Å². The predicted octanol–water partition coefficient (Wildman–Crippen LogP) is 3.24. The average Bonchev–Trinajstić information content (AvgIpc) is 3.01. The minimum atomic E-state index is -0.351. The van der Waals surface area contributed by atoms with Crippen LogP contribution in [0.5, 0.6) is 0 Å². The summed E-state index contributed by atoms with van der Waals surface area (Å²) in [6.45, 7) is 1.74. The Morgan fingerprint density at radius 3 is 2.82 bits per heavy atom. The highest BCUT2D eigenvalue weighted by Crippen LogP contribution is 2.24. The summed E-state index contributed by atoms with van der Waals surface area (Å²) in [4.78, 5) is 15.4. The number of nitrogens with one attached hydrogen (secondary N) is 1. The van der Waals surface area contributed by atoms with Crippen LogP contribution in [0.25, 0.3) is 0 Å². The normalized spacial score (nSPS) is 20.8. The van der Waals surface area contributed by atoms with Gasteiger partial charge < -0.3 is 0 Å². The van der Waals surface area contributed by atoms with Crippen LogP contribution < -0.4 is 5.43 Å². The zero-order valence-corrected chi connectivity index (χ0v) is 13.2. The van der Waals surface area contributed by atoms with E-state index in [0.29, 0.717) is 17.4 Å². The molecule has 2 aliphatic rings. The van der Waals surface area contributed by atoms with E-state index in [-0.39, 0.29) is 10.6 Å². The van der Waals surface area contributed by atoms with Gasteiger partial charge in [-0.15, -0.1) is 0 Å². The SMILES string of the molecule is Cc1ccc(C2=NNC(=NC3CCCC3)SC2)cc1[N+](=O)[O-]. The fraction of sp³-hybridized carbons (Fsp3) is 0.467. The van der Waals surface area contributed by atoms with E-state index in [9.17, 15) is 10.1 Å². The number of nitro groups is 1. The van der Waals surface area contributed by atoms with Gasteiger partial charge in [0.25, 0.3) is 5.69 Å². The third-order valence-corrected chi connectivity index (χ3v) is 4.88. The van der Waals surface area contributed by atoms with Gasteiger partial charge in [-0.25, -0.2) is 0 Å². The van der Waals surface area contributed by atoms with E-state index in [1.165, 1.54) is 12.8 Å². The molecular formula is C15H18N4O2S. The Morgan fingerprint density at radius 1 is 1.41 bits per heavy atom. The highest BCUT2D eigenvalue weighted by Gasteiger charge is 2.19. The molecule has 0 aromatic heterocycles. The van der Waals surface area contributed by atoms with Crippen molar-refractivity contribution in [2.24, 2.45) is 10.1 Å². The van der Waals surface area contributed by atoms with E-state index in [4.69, 9.17) is 0 Å². The summed E-state index contributed by atoms with van der Waals surface area (Å²) in [6.07, 6.45) is 4.83. The number of hydrazone groups is 1. The van der Waals surface area contributed by atoms with Crippen molar-refractivity contribution in [3.63, 3.8) is 0 Å². The lowest BCUT2D eigenvalue weighted by Gasteiger charge is -2.16. The van der Waals surface area contributed by atoms with E-state index in [0.717, 1.165) is 29.3 Å². The Bertz CT molecular complexity index is 651. The number of aryl methyl sites for hydroxylation is 1. The Hall–Kier alpha value is -1.89. The lowest BCUT2D eigenvalue weighted by atomic mass is 10.1. The smallest absolute Gasteiger partial charge is 0.258 e. The van der Waals surface area contributed by atoms with Gasteiger partial charge in [-0.3, -0.25) is 20.5 Å². The molecule has 1 fully saturated rings. The zero-order chi connectivity index (χ0) is 15.5. The van der Waals surface area contributed by atoms with Crippen LogP contribution in [-0.2, 0) is 0 Å². The fourth-order valence-corrected chi connectivity index (χ4v) is 3.55. The molecule has 1 aliphatic carbocycles. The van der Waals surface area contributed by atoms with Gasteiger partial charge in [0, 0.05) is 22.9 Å². The molecule has 0 bridgehead atoms. The topological polar surface area (TPSA) is 79.9 Å². The van der Waals surface area contributed by atoms with E-state index in [2.05, 4.69) is 15.5 Å². The highest BCUT2D eigenvalue weighted by atomic mass is 32.2. The first-order chi connectivity index (χ1) is 10.6. The Balaban J connectivity index is 1.75. The van der Waals surface area contributed by atoms with Crippen molar-refractivity contribution in [2.75, 3.05) is 5.75 Å². The molecule has 1 N–H and O–H groups in total. The Morgan fingerprint density at radius 2 is 2.18 bits per heavy atom. The molecule has 1 heterocycles. The number of amidine groups is 1. The van der Waals surface area contributed by atoms with Crippen molar-refractivity contribution in [2.45, 2.75) is 38.6 Å². The molecule has 3 rings (SSSR count). The lowest BCUT2D eigenvalue weighted by Crippen LogP contribution is -2.26. The number of hydrogen-bond donors (Lipinski definition) is 1. The molecule has 6 nitrogen and oxygen atoms in total. The van der Waals surface area contributed by atoms with Gasteiger partial charge in [0.05, 0.1) is 16.7 Å². The Kier molecular flexibility index (Phi) is 4.42. The summed E-state index contributed by atoms with van der Waals surface area (Å²) < 4.78 is 0. The van der Waals surface area contributed by atoms with Gasteiger partial charge in [-0.05, 0) is 19.8 Å². The molecule has 0 saturated heterocycles. The molecule has 116 valence electrons. The Labute approximate surface area is 133 Å². The molecule has 0 spiro atoms. The number of nitrogens with zero attached hydrogens (tertiary/aromatic N) is 3. The van der Waals surface area contributed by atoms with Crippen LogP contribution in [0.1, 0.15) is 36.8 Å². The second kappa shape index (κ2) is 6.48. The molecule has 1 aliphatic heterocycles. The molecule has 7 heteroatoms. The second-order valence-electron chi connectivity index (χ2n) is 5.59. The standard InChI is InChI=1S/C15H18N4O2S/c1-10-6-7-11(8-14(10)19(20)21)13-9-22-15(18-17-13)16-12-4-2-3-5-12/h6-8,12H,2-5,9H2,1H3,(H,16,18). The molecule has 0 amide bonds. The molecule has 0 atom stereocenters. The van der Waals surface area contributed by atoms with Crippen LogP contribution >= 0.6 is 11.8 Å². The maximum absolute atomic E-state index is 11.0. The molecule has 22 heavy (non-hydrogen) atoms. The predicted molar refractivity (Wildman–Crippen MR) is 89.7 cm³/mol. The summed E-state index contributed by atoms with van der Waals surface area (Å²) in [5, 5.41) is 16.2. The van der Waals surface area contributed by atoms with Gasteiger partial charge in [-0.2, -0.15) is 5.10 Å². The van der Waals surface area contributed by atoms with E-state index >= 15 is 0 Å². The van der Waals surface area contributed by atoms with Crippen LogP contribution in [0.3, 0.4) is 0 Å². The summed E-state index contributed by atoms with van der Waals surface area (Å²) in [6, 6.07) is 5.66. The highest BCUT2D eigenvalue weighted by molar-refractivity contribution is 8.14. The number of benzene rings is 1. The van der Waals surface area contributed by atoms with Gasteiger partial charge in [0.1, 0.15) is 0 Å². The fourth-order valence-electron chi connectivity index (χ4n) is 2.72. The molecule has 0 unspecified atom stereocenters. The van der Waals surface area contributed by atoms with Gasteiger partial charge in [0.15, 0.2) is 5.17 Å². The van der Waals surface area contributed by atoms with Gasteiger partial charge >= 0.3 is 0 Å². The van der Waals surface area contributed by atoms with Crippen LogP contribution in [-0.4, -0.2) is 27.6 Å². The van der Waals surface area contributed by atoms with E-state index in [1.54, 1.807) is 30.8 Å². The first kappa shape index (κ1) is 15.0. The monoisotopic (exact) mass is 318 g/mol. The van der Waals surface area contributed by atoms with Crippen molar-refractivity contribution >= 4 is 28.3 Å². The number of thioether (sulfide) groups is 1. The largest absolute Gasteiger partial charge is 0.272 e. The minimum Gasteiger partial charge on any atom is -0.258 e. The van der Waals surface area contributed by atoms with Crippen molar-refractivity contribution in [3.8, 4) is 0 Å². The number of hydrogen-bond acceptors (Lipinski definition) is 5. The molecule has 1 saturated carbocycles. The van der Waals surface area contributed by atoms with Crippen molar-refractivity contribution < 1.29 is 4.92 Å². The summed E-state index contributed by atoms with van der Waals surface area (Å²) in [5.74, 6) is 0.679. The van der Waals surface area contributed by atoms with E-state index < -0.39 is 0 Å². The van der Waals surface area contributed by atoms with Crippen LogP contribution in [0, 0.1) is 17.0 Å². The molecule has 0 radical (unpaired) electrons. The quantitative estimate of drug-likeness (QED) is 0.685. The van der Waals surface area contributed by atoms with Crippen molar-refractivity contribution in [1.29, 1.82) is 0 Å². The average molecular weight is 318 g/mol. The van der Waals surface area contributed by atoms with Crippen molar-refractivity contribution in [3.05, 3.63) is 39.4 Å². The lowest BCUT2D eigenvalue weighted by molar-refractivity contribution is -0.385.